The fourth-order valence-corrected chi connectivity index (χ4v) is 4.31. The summed E-state index contributed by atoms with van der Waals surface area (Å²) in [5, 5.41) is 1.23. The zero-order valence-electron chi connectivity index (χ0n) is 11.6. The Hall–Kier alpha value is -1.37. The minimum absolute atomic E-state index is 0.0287. The standard InChI is InChI=1S/C15H14ClNO3S2/c16-22(19,20)13-8-15(18)17(10-13)9-11-3-5-12(6-4-11)14-2-1-7-21-14/h1-7,13H,8-10H2. The lowest BCUT2D eigenvalue weighted by Gasteiger charge is -2.16. The van der Waals surface area contributed by atoms with E-state index in [4.69, 9.17) is 10.7 Å². The molecule has 1 aromatic heterocycles. The molecule has 0 radical (unpaired) electrons. The monoisotopic (exact) mass is 355 g/mol. The molecule has 1 saturated heterocycles. The third-order valence-corrected chi connectivity index (χ3v) is 6.50. The molecule has 1 fully saturated rings. The topological polar surface area (TPSA) is 54.5 Å². The molecule has 0 N–H and O–H groups in total. The van der Waals surface area contributed by atoms with Crippen LogP contribution in [-0.2, 0) is 20.4 Å². The van der Waals surface area contributed by atoms with E-state index in [1.54, 1.807) is 16.2 Å². The van der Waals surface area contributed by atoms with Gasteiger partial charge in [0.2, 0.25) is 15.0 Å². The number of hydrogen-bond acceptors (Lipinski definition) is 4. The van der Waals surface area contributed by atoms with E-state index in [9.17, 15) is 13.2 Å². The summed E-state index contributed by atoms with van der Waals surface area (Å²) in [5.74, 6) is -0.170. The Bertz CT molecular complexity index is 770. The summed E-state index contributed by atoms with van der Waals surface area (Å²) in [6.45, 7) is 0.573. The Balaban J connectivity index is 1.70. The van der Waals surface area contributed by atoms with Crippen molar-refractivity contribution in [2.24, 2.45) is 0 Å². The van der Waals surface area contributed by atoms with Crippen LogP contribution in [0.15, 0.2) is 41.8 Å². The van der Waals surface area contributed by atoms with E-state index in [1.165, 1.54) is 4.88 Å². The minimum Gasteiger partial charge on any atom is -0.337 e. The maximum absolute atomic E-state index is 11.9. The van der Waals surface area contributed by atoms with Gasteiger partial charge >= 0.3 is 0 Å². The van der Waals surface area contributed by atoms with Gasteiger partial charge in [-0.05, 0) is 22.6 Å². The normalized spacial score (nSPS) is 18.9. The highest BCUT2D eigenvalue weighted by molar-refractivity contribution is 8.14. The fraction of sp³-hybridized carbons (Fsp3) is 0.267. The number of carbonyl (C=O) groups excluding carboxylic acids is 1. The maximum Gasteiger partial charge on any atom is 0.237 e. The van der Waals surface area contributed by atoms with Crippen LogP contribution in [0.1, 0.15) is 12.0 Å². The van der Waals surface area contributed by atoms with E-state index in [-0.39, 0.29) is 18.9 Å². The van der Waals surface area contributed by atoms with Gasteiger partial charge in [0.1, 0.15) is 5.25 Å². The Morgan fingerprint density at radius 1 is 1.23 bits per heavy atom. The highest BCUT2D eigenvalue weighted by atomic mass is 35.7. The van der Waals surface area contributed by atoms with Crippen LogP contribution in [0.25, 0.3) is 10.4 Å². The minimum atomic E-state index is -3.69. The molecule has 3 rings (SSSR count). The molecule has 116 valence electrons. The first kappa shape index (κ1) is 15.5. The number of amides is 1. The van der Waals surface area contributed by atoms with Crippen LogP contribution >= 0.6 is 22.0 Å². The Morgan fingerprint density at radius 2 is 1.95 bits per heavy atom. The second-order valence-electron chi connectivity index (χ2n) is 5.25. The molecule has 22 heavy (non-hydrogen) atoms. The van der Waals surface area contributed by atoms with Crippen molar-refractivity contribution >= 4 is 37.0 Å². The van der Waals surface area contributed by atoms with Crippen LogP contribution in [0, 0.1) is 0 Å². The number of benzene rings is 1. The van der Waals surface area contributed by atoms with Gasteiger partial charge in [0.25, 0.3) is 0 Å². The summed E-state index contributed by atoms with van der Waals surface area (Å²) in [7, 11) is 1.66. The van der Waals surface area contributed by atoms with Gasteiger partial charge in [-0.2, -0.15) is 0 Å². The van der Waals surface area contributed by atoms with Crippen LogP contribution < -0.4 is 0 Å². The van der Waals surface area contributed by atoms with Crippen LogP contribution in [-0.4, -0.2) is 31.0 Å². The van der Waals surface area contributed by atoms with Gasteiger partial charge in [0, 0.05) is 35.1 Å². The molecule has 1 unspecified atom stereocenters. The highest BCUT2D eigenvalue weighted by Gasteiger charge is 2.37. The van der Waals surface area contributed by atoms with Crippen LogP contribution in [0.2, 0.25) is 0 Å². The zero-order valence-corrected chi connectivity index (χ0v) is 14.0. The van der Waals surface area contributed by atoms with Gasteiger partial charge in [-0.25, -0.2) is 8.42 Å². The van der Waals surface area contributed by atoms with Crippen molar-refractivity contribution in [2.45, 2.75) is 18.2 Å². The van der Waals surface area contributed by atoms with E-state index in [1.807, 2.05) is 35.7 Å². The molecular weight excluding hydrogens is 342 g/mol. The first-order valence-corrected chi connectivity index (χ1v) is 10.0. The third-order valence-electron chi connectivity index (χ3n) is 3.71. The van der Waals surface area contributed by atoms with E-state index >= 15 is 0 Å². The van der Waals surface area contributed by atoms with Crippen molar-refractivity contribution in [1.29, 1.82) is 0 Å². The van der Waals surface area contributed by atoms with E-state index < -0.39 is 14.3 Å². The van der Waals surface area contributed by atoms with Crippen molar-refractivity contribution < 1.29 is 13.2 Å². The summed E-state index contributed by atoms with van der Waals surface area (Å²) in [6.07, 6.45) is -0.0287. The van der Waals surface area contributed by atoms with Crippen molar-refractivity contribution in [2.75, 3.05) is 6.54 Å². The lowest BCUT2D eigenvalue weighted by atomic mass is 10.1. The smallest absolute Gasteiger partial charge is 0.237 e. The average molecular weight is 356 g/mol. The predicted molar refractivity (Wildman–Crippen MR) is 88.3 cm³/mol. The first-order valence-electron chi connectivity index (χ1n) is 6.77. The molecule has 1 aliphatic rings. The predicted octanol–water partition coefficient (Wildman–Crippen LogP) is 3.08. The van der Waals surface area contributed by atoms with Crippen molar-refractivity contribution in [3.05, 3.63) is 47.3 Å². The average Bonchev–Trinajstić information content (AvgIpc) is 3.10. The molecule has 7 heteroatoms. The molecule has 0 spiro atoms. The molecule has 2 aromatic rings. The van der Waals surface area contributed by atoms with E-state index in [0.717, 1.165) is 11.1 Å². The Morgan fingerprint density at radius 3 is 2.50 bits per heavy atom. The van der Waals surface area contributed by atoms with Crippen LogP contribution in [0.5, 0.6) is 0 Å². The Labute approximate surface area is 137 Å². The maximum atomic E-state index is 11.9. The molecule has 0 bridgehead atoms. The summed E-state index contributed by atoms with van der Waals surface area (Å²) in [6, 6.07) is 12.0. The fourth-order valence-electron chi connectivity index (χ4n) is 2.51. The van der Waals surface area contributed by atoms with Crippen molar-refractivity contribution in [3.8, 4) is 10.4 Å². The summed E-state index contributed by atoms with van der Waals surface area (Å²) < 4.78 is 22.7. The molecular formula is C15H14ClNO3S2. The number of nitrogens with zero attached hydrogens (tertiary/aromatic N) is 1. The molecule has 1 aromatic carbocycles. The van der Waals surface area contributed by atoms with Gasteiger partial charge in [-0.1, -0.05) is 30.3 Å². The SMILES string of the molecule is O=C1CC(S(=O)(=O)Cl)CN1Cc1ccc(-c2cccs2)cc1. The van der Waals surface area contributed by atoms with Gasteiger partial charge in [0.05, 0.1) is 0 Å². The number of carbonyl (C=O) groups is 1. The molecule has 1 aliphatic heterocycles. The Kier molecular flexibility index (Phi) is 4.25. The summed E-state index contributed by atoms with van der Waals surface area (Å²) in [5.41, 5.74) is 2.11. The summed E-state index contributed by atoms with van der Waals surface area (Å²) in [4.78, 5) is 14.6. The second kappa shape index (κ2) is 6.02. The lowest BCUT2D eigenvalue weighted by Crippen LogP contribution is -2.26. The van der Waals surface area contributed by atoms with Gasteiger partial charge in [-0.3, -0.25) is 4.79 Å². The van der Waals surface area contributed by atoms with Crippen molar-refractivity contribution in [1.82, 2.24) is 4.90 Å². The molecule has 1 amide bonds. The van der Waals surface area contributed by atoms with Gasteiger partial charge in [-0.15, -0.1) is 11.3 Å². The lowest BCUT2D eigenvalue weighted by molar-refractivity contribution is -0.128. The molecule has 0 aliphatic carbocycles. The zero-order chi connectivity index (χ0) is 15.7. The van der Waals surface area contributed by atoms with E-state index in [2.05, 4.69) is 6.07 Å². The molecule has 1 atom stereocenters. The highest BCUT2D eigenvalue weighted by Crippen LogP contribution is 2.26. The van der Waals surface area contributed by atoms with E-state index in [0.29, 0.717) is 6.54 Å². The largest absolute Gasteiger partial charge is 0.337 e. The van der Waals surface area contributed by atoms with Gasteiger partial charge < -0.3 is 4.90 Å². The van der Waals surface area contributed by atoms with Crippen LogP contribution in [0.3, 0.4) is 0 Å². The van der Waals surface area contributed by atoms with Gasteiger partial charge in [0.15, 0.2) is 0 Å². The number of likely N-dealkylation sites (tertiary alicyclic amines) is 1. The molecule has 2 heterocycles. The molecule has 0 saturated carbocycles. The number of hydrogen-bond donors (Lipinski definition) is 0. The quantitative estimate of drug-likeness (QED) is 0.792. The summed E-state index contributed by atoms with van der Waals surface area (Å²) >= 11 is 1.67. The second-order valence-corrected chi connectivity index (χ2v) is 9.11. The molecule has 4 nitrogen and oxygen atoms in total. The number of thiophene rings is 1. The third kappa shape index (κ3) is 3.34. The number of rotatable bonds is 4. The number of halogens is 1. The first-order chi connectivity index (χ1) is 10.4. The van der Waals surface area contributed by atoms with Crippen LogP contribution in [0.4, 0.5) is 0 Å². The van der Waals surface area contributed by atoms with Crippen molar-refractivity contribution in [3.63, 3.8) is 0 Å².